The summed E-state index contributed by atoms with van der Waals surface area (Å²) >= 11 is 5.71. The highest BCUT2D eigenvalue weighted by molar-refractivity contribution is 6.31. The number of carboxylic acid groups (broad SMARTS) is 1. The molecule has 0 bridgehead atoms. The van der Waals surface area contributed by atoms with Crippen LogP contribution in [-0.4, -0.2) is 20.8 Å². The molecule has 0 aliphatic heterocycles. The Labute approximate surface area is 88.5 Å². The van der Waals surface area contributed by atoms with E-state index in [9.17, 15) is 9.59 Å². The van der Waals surface area contributed by atoms with Gasteiger partial charge in [0.05, 0.1) is 10.9 Å². The number of benzene rings is 1. The molecule has 0 radical (unpaired) electrons. The van der Waals surface area contributed by atoms with E-state index in [1.165, 1.54) is 18.2 Å². The summed E-state index contributed by atoms with van der Waals surface area (Å²) in [7, 11) is 0. The Bertz CT molecular complexity index is 606. The SMILES string of the molecule is O=C(O)n1cnc2cc(Cl)ccc2c1=O. The Morgan fingerprint density at radius 1 is 1.47 bits per heavy atom. The highest BCUT2D eigenvalue weighted by Gasteiger charge is 2.08. The summed E-state index contributed by atoms with van der Waals surface area (Å²) in [5, 5.41) is 9.35. The largest absolute Gasteiger partial charge is 0.464 e. The first-order valence-corrected chi connectivity index (χ1v) is 4.37. The maximum Gasteiger partial charge on any atom is 0.419 e. The second-order valence-electron chi connectivity index (χ2n) is 2.86. The Balaban J connectivity index is 2.86. The Morgan fingerprint density at radius 2 is 2.20 bits per heavy atom. The van der Waals surface area contributed by atoms with Crippen LogP contribution < -0.4 is 5.56 Å². The lowest BCUT2D eigenvalue weighted by Gasteiger charge is -2.00. The molecule has 0 atom stereocenters. The smallest absolute Gasteiger partial charge is 0.419 e. The molecule has 0 aliphatic carbocycles. The molecule has 0 spiro atoms. The van der Waals surface area contributed by atoms with Crippen molar-refractivity contribution in [3.8, 4) is 0 Å². The minimum Gasteiger partial charge on any atom is -0.464 e. The van der Waals surface area contributed by atoms with Crippen molar-refractivity contribution in [2.24, 2.45) is 0 Å². The van der Waals surface area contributed by atoms with Crippen molar-refractivity contribution in [3.05, 3.63) is 39.9 Å². The topological polar surface area (TPSA) is 72.2 Å². The molecule has 6 heteroatoms. The quantitative estimate of drug-likeness (QED) is 0.737. The van der Waals surface area contributed by atoms with E-state index in [1.807, 2.05) is 0 Å². The molecule has 0 amide bonds. The Hall–Kier alpha value is -1.88. The van der Waals surface area contributed by atoms with Crippen LogP contribution in [0.4, 0.5) is 4.79 Å². The van der Waals surface area contributed by atoms with Crippen LogP contribution >= 0.6 is 11.6 Å². The number of rotatable bonds is 0. The molecule has 1 N–H and O–H groups in total. The molecule has 2 aromatic rings. The van der Waals surface area contributed by atoms with Crippen LogP contribution in [-0.2, 0) is 0 Å². The van der Waals surface area contributed by atoms with Crippen LogP contribution in [0.1, 0.15) is 0 Å². The number of hydrogen-bond acceptors (Lipinski definition) is 3. The predicted octanol–water partition coefficient (Wildman–Crippen LogP) is 1.58. The van der Waals surface area contributed by atoms with Crippen molar-refractivity contribution < 1.29 is 9.90 Å². The van der Waals surface area contributed by atoms with E-state index >= 15 is 0 Å². The average Bonchev–Trinajstić information content (AvgIpc) is 2.17. The summed E-state index contributed by atoms with van der Waals surface area (Å²) in [6, 6.07) is 4.47. The second kappa shape index (κ2) is 3.36. The van der Waals surface area contributed by atoms with E-state index in [1.54, 1.807) is 0 Å². The third kappa shape index (κ3) is 1.57. The van der Waals surface area contributed by atoms with Crippen LogP contribution in [0.2, 0.25) is 5.02 Å². The minimum atomic E-state index is -1.36. The van der Waals surface area contributed by atoms with Crippen LogP contribution in [0.25, 0.3) is 10.9 Å². The molecule has 2 rings (SSSR count). The highest BCUT2D eigenvalue weighted by Crippen LogP contribution is 2.13. The second-order valence-corrected chi connectivity index (χ2v) is 3.30. The zero-order valence-electron chi connectivity index (χ0n) is 7.35. The van der Waals surface area contributed by atoms with Gasteiger partial charge in [-0.15, -0.1) is 0 Å². The van der Waals surface area contributed by atoms with Crippen LogP contribution in [0.15, 0.2) is 29.3 Å². The van der Waals surface area contributed by atoms with Gasteiger partial charge in [0.2, 0.25) is 0 Å². The summed E-state index contributed by atoms with van der Waals surface area (Å²) in [5.41, 5.74) is -0.242. The lowest BCUT2D eigenvalue weighted by molar-refractivity contribution is 0.195. The van der Waals surface area contributed by atoms with Gasteiger partial charge in [-0.2, -0.15) is 0 Å². The number of hydrogen-bond donors (Lipinski definition) is 1. The van der Waals surface area contributed by atoms with E-state index in [0.29, 0.717) is 15.1 Å². The molecule has 0 fully saturated rings. The van der Waals surface area contributed by atoms with E-state index in [4.69, 9.17) is 16.7 Å². The van der Waals surface area contributed by atoms with E-state index in [0.717, 1.165) is 6.33 Å². The standard InChI is InChI=1S/C9H5ClN2O3/c10-5-1-2-6-7(3-5)11-4-12(8(6)13)9(14)15/h1-4H,(H,14,15). The number of nitrogens with zero attached hydrogens (tertiary/aromatic N) is 2. The van der Waals surface area contributed by atoms with Gasteiger partial charge in [-0.1, -0.05) is 11.6 Å². The minimum absolute atomic E-state index is 0.226. The summed E-state index contributed by atoms with van der Waals surface area (Å²) in [5.74, 6) is 0. The average molecular weight is 225 g/mol. The molecular weight excluding hydrogens is 220 g/mol. The molecule has 1 aromatic carbocycles. The maximum atomic E-state index is 11.6. The first kappa shape index (κ1) is 9.67. The molecule has 0 saturated heterocycles. The fourth-order valence-corrected chi connectivity index (χ4v) is 1.40. The van der Waals surface area contributed by atoms with Gasteiger partial charge in [-0.05, 0) is 18.2 Å². The van der Waals surface area contributed by atoms with Crippen molar-refractivity contribution in [2.75, 3.05) is 0 Å². The molecule has 0 saturated carbocycles. The molecular formula is C9H5ClN2O3. The molecule has 1 heterocycles. The first-order valence-electron chi connectivity index (χ1n) is 4.00. The Kier molecular flexibility index (Phi) is 2.17. The molecule has 5 nitrogen and oxygen atoms in total. The molecule has 1 aromatic heterocycles. The fraction of sp³-hybridized carbons (Fsp3) is 0. The number of halogens is 1. The van der Waals surface area contributed by atoms with E-state index in [-0.39, 0.29) is 5.39 Å². The predicted molar refractivity (Wildman–Crippen MR) is 54.4 cm³/mol. The van der Waals surface area contributed by atoms with Crippen molar-refractivity contribution >= 4 is 28.6 Å². The van der Waals surface area contributed by atoms with Crippen molar-refractivity contribution in [3.63, 3.8) is 0 Å². The van der Waals surface area contributed by atoms with E-state index in [2.05, 4.69) is 4.98 Å². The van der Waals surface area contributed by atoms with Crippen molar-refractivity contribution in [2.45, 2.75) is 0 Å². The highest BCUT2D eigenvalue weighted by atomic mass is 35.5. The summed E-state index contributed by atoms with van der Waals surface area (Å²) in [4.78, 5) is 26.0. The van der Waals surface area contributed by atoms with Crippen molar-refractivity contribution in [1.82, 2.24) is 9.55 Å². The van der Waals surface area contributed by atoms with Gasteiger partial charge in [0.1, 0.15) is 6.33 Å². The maximum absolute atomic E-state index is 11.6. The zero-order chi connectivity index (χ0) is 11.0. The molecule has 76 valence electrons. The summed E-state index contributed by atoms with van der Waals surface area (Å²) < 4.78 is 0.524. The lowest BCUT2D eigenvalue weighted by Crippen LogP contribution is -2.25. The van der Waals surface area contributed by atoms with Crippen LogP contribution in [0.5, 0.6) is 0 Å². The molecule has 0 aliphatic rings. The van der Waals surface area contributed by atoms with Crippen molar-refractivity contribution in [1.29, 1.82) is 0 Å². The zero-order valence-corrected chi connectivity index (χ0v) is 8.10. The third-order valence-corrected chi connectivity index (χ3v) is 2.16. The number of fused-ring (bicyclic) bond motifs is 1. The van der Waals surface area contributed by atoms with E-state index < -0.39 is 11.7 Å². The third-order valence-electron chi connectivity index (χ3n) is 1.93. The van der Waals surface area contributed by atoms with Gasteiger partial charge in [-0.25, -0.2) is 14.3 Å². The number of aromatic nitrogens is 2. The number of carbonyl (C=O) groups is 1. The van der Waals surface area contributed by atoms with Gasteiger partial charge < -0.3 is 5.11 Å². The van der Waals surface area contributed by atoms with Gasteiger partial charge in [-0.3, -0.25) is 4.79 Å². The van der Waals surface area contributed by atoms with Crippen LogP contribution in [0, 0.1) is 0 Å². The monoisotopic (exact) mass is 224 g/mol. The molecule has 0 unspecified atom stereocenters. The Morgan fingerprint density at radius 3 is 2.87 bits per heavy atom. The fourth-order valence-electron chi connectivity index (χ4n) is 1.23. The van der Waals surface area contributed by atoms with Crippen LogP contribution in [0.3, 0.4) is 0 Å². The summed E-state index contributed by atoms with van der Waals surface area (Å²) in [6.45, 7) is 0. The van der Waals surface area contributed by atoms with Gasteiger partial charge >= 0.3 is 6.09 Å². The van der Waals surface area contributed by atoms with Gasteiger partial charge in [0, 0.05) is 5.02 Å². The van der Waals surface area contributed by atoms with Gasteiger partial charge in [0.25, 0.3) is 5.56 Å². The normalized spacial score (nSPS) is 10.5. The summed E-state index contributed by atoms with van der Waals surface area (Å²) in [6.07, 6.45) is -0.395. The molecule has 15 heavy (non-hydrogen) atoms. The lowest BCUT2D eigenvalue weighted by atomic mass is 10.2. The van der Waals surface area contributed by atoms with Gasteiger partial charge in [0.15, 0.2) is 0 Å². The first-order chi connectivity index (χ1) is 7.09.